The Labute approximate surface area is 210 Å². The van der Waals surface area contributed by atoms with Crippen molar-refractivity contribution in [3.8, 4) is 21.9 Å². The first-order valence-corrected chi connectivity index (χ1v) is 11.5. The van der Waals surface area contributed by atoms with Gasteiger partial charge in [-0.25, -0.2) is 13.8 Å². The Balaban J connectivity index is 1.66. The van der Waals surface area contributed by atoms with E-state index in [1.807, 2.05) is 0 Å². The Morgan fingerprint density at radius 3 is 2.41 bits per heavy atom. The Morgan fingerprint density at radius 1 is 1.19 bits per heavy atom. The number of halogens is 5. The highest BCUT2D eigenvalue weighted by molar-refractivity contribution is 7.20. The number of thiophene rings is 1. The standard InChI is InChI=1S/C23H18F5N5O3S/c1-3-15(34)10-6-13(24)18(14(25)7-10)16-8-12(19(29)35)21(37-16)31-17-5-4-11(9(2)30-17)20-32-33-22(36-20)23(26,27)28/h4-8,15,34H,3H2,1-2H3,(H2,29,35)(H,30,31). The first-order chi connectivity index (χ1) is 17.4. The number of hydrogen-bond acceptors (Lipinski definition) is 8. The van der Waals surface area contributed by atoms with Gasteiger partial charge in [-0.1, -0.05) is 6.92 Å². The van der Waals surface area contributed by atoms with Crippen LogP contribution in [0.4, 0.5) is 32.8 Å². The third-order valence-corrected chi connectivity index (χ3v) is 6.37. The summed E-state index contributed by atoms with van der Waals surface area (Å²) in [6, 6.07) is 6.04. The van der Waals surface area contributed by atoms with E-state index in [9.17, 15) is 31.9 Å². The maximum absolute atomic E-state index is 14.8. The number of aliphatic hydroxyl groups is 1. The van der Waals surface area contributed by atoms with Crippen molar-refractivity contribution in [3.05, 3.63) is 64.7 Å². The molecule has 0 fully saturated rings. The highest BCUT2D eigenvalue weighted by Gasteiger charge is 2.38. The summed E-state index contributed by atoms with van der Waals surface area (Å²) in [6.07, 6.45) is -5.58. The van der Waals surface area contributed by atoms with Gasteiger partial charge in [0.05, 0.1) is 28.5 Å². The van der Waals surface area contributed by atoms with Crippen molar-refractivity contribution in [2.24, 2.45) is 5.73 Å². The number of nitrogens with two attached hydrogens (primary N) is 1. The van der Waals surface area contributed by atoms with Crippen molar-refractivity contribution in [1.29, 1.82) is 0 Å². The quantitative estimate of drug-likeness (QED) is 0.255. The molecule has 0 spiro atoms. The highest BCUT2D eigenvalue weighted by Crippen LogP contribution is 2.40. The van der Waals surface area contributed by atoms with Crippen LogP contribution in [0.5, 0.6) is 0 Å². The van der Waals surface area contributed by atoms with Gasteiger partial charge >= 0.3 is 12.1 Å². The van der Waals surface area contributed by atoms with Crippen LogP contribution in [0.1, 0.15) is 47.0 Å². The van der Waals surface area contributed by atoms with E-state index in [1.54, 1.807) is 6.92 Å². The van der Waals surface area contributed by atoms with E-state index in [2.05, 4.69) is 24.9 Å². The molecule has 1 atom stereocenters. The zero-order chi connectivity index (χ0) is 27.1. The fourth-order valence-electron chi connectivity index (χ4n) is 3.47. The molecule has 14 heteroatoms. The average molecular weight is 539 g/mol. The monoisotopic (exact) mass is 539 g/mol. The van der Waals surface area contributed by atoms with Crippen LogP contribution in [0, 0.1) is 18.6 Å². The molecule has 0 aliphatic heterocycles. The lowest BCUT2D eigenvalue weighted by Gasteiger charge is -2.11. The lowest BCUT2D eigenvalue weighted by Crippen LogP contribution is -2.11. The van der Waals surface area contributed by atoms with Crippen molar-refractivity contribution in [2.75, 3.05) is 5.32 Å². The smallest absolute Gasteiger partial charge is 0.413 e. The van der Waals surface area contributed by atoms with E-state index >= 15 is 0 Å². The summed E-state index contributed by atoms with van der Waals surface area (Å²) < 4.78 is 72.6. The van der Waals surface area contributed by atoms with Gasteiger partial charge in [-0.3, -0.25) is 4.79 Å². The number of nitrogens with one attached hydrogen (secondary N) is 1. The summed E-state index contributed by atoms with van der Waals surface area (Å²) in [4.78, 5) is 16.3. The number of hydrogen-bond donors (Lipinski definition) is 3. The molecule has 37 heavy (non-hydrogen) atoms. The van der Waals surface area contributed by atoms with Gasteiger partial charge in [0.1, 0.15) is 22.5 Å². The molecule has 0 aliphatic rings. The van der Waals surface area contributed by atoms with Crippen molar-refractivity contribution in [1.82, 2.24) is 15.2 Å². The average Bonchev–Trinajstić information content (AvgIpc) is 3.46. The summed E-state index contributed by atoms with van der Waals surface area (Å²) >= 11 is 0.836. The normalized spacial score (nSPS) is 12.5. The molecule has 4 N–H and O–H groups in total. The number of benzene rings is 1. The van der Waals surface area contributed by atoms with Gasteiger partial charge in [-0.05, 0) is 49.2 Å². The topological polar surface area (TPSA) is 127 Å². The number of rotatable bonds is 7. The molecule has 194 valence electrons. The molecule has 0 bridgehead atoms. The van der Waals surface area contributed by atoms with Crippen LogP contribution in [0.15, 0.2) is 34.7 Å². The number of carbonyl (C=O) groups is 1. The zero-order valence-corrected chi connectivity index (χ0v) is 20.0. The molecule has 8 nitrogen and oxygen atoms in total. The van der Waals surface area contributed by atoms with Crippen LogP contribution in [-0.4, -0.2) is 26.2 Å². The molecule has 0 aliphatic carbocycles. The van der Waals surface area contributed by atoms with Gasteiger partial charge in [-0.15, -0.1) is 21.5 Å². The summed E-state index contributed by atoms with van der Waals surface area (Å²) in [7, 11) is 0. The molecule has 0 saturated carbocycles. The molecule has 4 aromatic rings. The Hall–Kier alpha value is -3.91. The fourth-order valence-corrected chi connectivity index (χ4v) is 4.58. The van der Waals surface area contributed by atoms with Crippen molar-refractivity contribution in [3.63, 3.8) is 0 Å². The van der Waals surface area contributed by atoms with Crippen molar-refractivity contribution >= 4 is 28.1 Å². The van der Waals surface area contributed by atoms with Gasteiger partial charge in [0.2, 0.25) is 5.89 Å². The van der Waals surface area contributed by atoms with Crippen LogP contribution in [0.3, 0.4) is 0 Å². The Kier molecular flexibility index (Phi) is 6.97. The van der Waals surface area contributed by atoms with Gasteiger partial charge in [-0.2, -0.15) is 13.2 Å². The maximum Gasteiger partial charge on any atom is 0.470 e. The molecule has 4 rings (SSSR count). The number of aliphatic hydroxyl groups excluding tert-OH is 1. The van der Waals surface area contributed by atoms with Crippen molar-refractivity contribution in [2.45, 2.75) is 32.5 Å². The minimum atomic E-state index is -4.80. The summed E-state index contributed by atoms with van der Waals surface area (Å²) in [5.41, 5.74) is 5.44. The number of aromatic nitrogens is 3. The van der Waals surface area contributed by atoms with Gasteiger partial charge in [0, 0.05) is 4.88 Å². The van der Waals surface area contributed by atoms with Gasteiger partial charge in [0.15, 0.2) is 0 Å². The first-order valence-electron chi connectivity index (χ1n) is 10.7. The molecular formula is C23H18F5N5O3S. The molecule has 0 saturated heterocycles. The third kappa shape index (κ3) is 5.29. The van der Waals surface area contributed by atoms with E-state index in [1.165, 1.54) is 25.1 Å². The van der Waals surface area contributed by atoms with E-state index in [4.69, 9.17) is 5.73 Å². The number of carbonyl (C=O) groups excluding carboxylic acids is 1. The minimum Gasteiger partial charge on any atom is -0.413 e. The van der Waals surface area contributed by atoms with Crippen LogP contribution >= 0.6 is 11.3 Å². The van der Waals surface area contributed by atoms with Crippen LogP contribution in [-0.2, 0) is 6.18 Å². The minimum absolute atomic E-state index is 0.0581. The van der Waals surface area contributed by atoms with E-state index in [-0.39, 0.29) is 50.4 Å². The van der Waals surface area contributed by atoms with E-state index in [0.717, 1.165) is 23.5 Å². The fraction of sp³-hybridized carbons (Fsp3) is 0.217. The van der Waals surface area contributed by atoms with E-state index < -0.39 is 41.3 Å². The number of anilines is 2. The zero-order valence-electron chi connectivity index (χ0n) is 19.2. The summed E-state index contributed by atoms with van der Waals surface area (Å²) in [6.45, 7) is 3.15. The number of pyridine rings is 1. The molecule has 3 aromatic heterocycles. The number of amides is 1. The SMILES string of the molecule is CCC(O)c1cc(F)c(-c2cc(C(N)=O)c(Nc3ccc(-c4nnc(C(F)(F)F)o4)c(C)n3)s2)c(F)c1. The highest BCUT2D eigenvalue weighted by atomic mass is 32.1. The van der Waals surface area contributed by atoms with Crippen LogP contribution < -0.4 is 11.1 Å². The molecule has 3 heterocycles. The van der Waals surface area contributed by atoms with Crippen LogP contribution in [0.25, 0.3) is 21.9 Å². The second kappa shape index (κ2) is 9.86. The Bertz CT molecular complexity index is 1460. The largest absolute Gasteiger partial charge is 0.470 e. The Morgan fingerprint density at radius 2 is 1.86 bits per heavy atom. The molecule has 1 unspecified atom stereocenters. The van der Waals surface area contributed by atoms with Crippen LogP contribution in [0.2, 0.25) is 0 Å². The molecule has 1 aromatic carbocycles. The number of alkyl halides is 3. The molecule has 1 amide bonds. The first kappa shape index (κ1) is 26.2. The maximum atomic E-state index is 14.8. The predicted octanol–water partition coefficient (Wildman–Crippen LogP) is 5.75. The number of aryl methyl sites for hydroxylation is 1. The second-order valence-corrected chi connectivity index (χ2v) is 8.92. The lowest BCUT2D eigenvalue weighted by atomic mass is 10.0. The third-order valence-electron chi connectivity index (χ3n) is 5.31. The number of nitrogens with zero attached hydrogens (tertiary/aromatic N) is 3. The van der Waals surface area contributed by atoms with Gasteiger partial charge < -0.3 is 20.6 Å². The lowest BCUT2D eigenvalue weighted by molar-refractivity contribution is -0.156. The van der Waals surface area contributed by atoms with Gasteiger partial charge in [0.25, 0.3) is 5.91 Å². The van der Waals surface area contributed by atoms with E-state index in [0.29, 0.717) is 0 Å². The molecule has 0 radical (unpaired) electrons. The predicted molar refractivity (Wildman–Crippen MR) is 124 cm³/mol. The summed E-state index contributed by atoms with van der Waals surface area (Å²) in [5, 5.41) is 19.3. The number of primary amides is 1. The molecular weight excluding hydrogens is 521 g/mol. The second-order valence-electron chi connectivity index (χ2n) is 7.87. The van der Waals surface area contributed by atoms with Crippen molar-refractivity contribution < 1.29 is 36.3 Å². The summed E-state index contributed by atoms with van der Waals surface area (Å²) in [5.74, 6) is -4.46.